The fourth-order valence-corrected chi connectivity index (χ4v) is 2.86. The first kappa shape index (κ1) is 16.3. The van der Waals surface area contributed by atoms with Gasteiger partial charge in [-0.3, -0.25) is 0 Å². The summed E-state index contributed by atoms with van der Waals surface area (Å²) >= 11 is 5.93. The number of ether oxygens (including phenoxy) is 2. The van der Waals surface area contributed by atoms with Gasteiger partial charge in [-0.05, 0) is 36.1 Å². The zero-order chi connectivity index (χ0) is 16.1. The van der Waals surface area contributed by atoms with Crippen molar-refractivity contribution < 1.29 is 9.47 Å². The van der Waals surface area contributed by atoms with Gasteiger partial charge in [0.1, 0.15) is 0 Å². The van der Waals surface area contributed by atoms with Gasteiger partial charge in [0.05, 0.1) is 13.2 Å². The van der Waals surface area contributed by atoms with Crippen molar-refractivity contribution in [3.63, 3.8) is 0 Å². The first-order valence-electron chi connectivity index (χ1n) is 7.94. The normalized spacial score (nSPS) is 21.1. The van der Waals surface area contributed by atoms with Crippen LogP contribution in [0.25, 0.3) is 0 Å². The van der Waals surface area contributed by atoms with E-state index in [4.69, 9.17) is 21.1 Å². The Kier molecular flexibility index (Phi) is 5.50. The number of halogens is 1. The quantitative estimate of drug-likeness (QED) is 0.694. The number of rotatable bonds is 5. The van der Waals surface area contributed by atoms with Gasteiger partial charge in [-0.2, -0.15) is 0 Å². The van der Waals surface area contributed by atoms with E-state index in [1.54, 1.807) is 0 Å². The van der Waals surface area contributed by atoms with Crippen LogP contribution >= 0.6 is 11.6 Å². The molecular weight excluding hydrogens is 308 g/mol. The van der Waals surface area contributed by atoms with Crippen molar-refractivity contribution in [1.82, 2.24) is 0 Å². The van der Waals surface area contributed by atoms with Crippen LogP contribution in [0.3, 0.4) is 0 Å². The van der Waals surface area contributed by atoms with Gasteiger partial charge in [-0.15, -0.1) is 6.58 Å². The molecule has 0 unspecified atom stereocenters. The van der Waals surface area contributed by atoms with E-state index in [2.05, 4.69) is 30.8 Å². The van der Waals surface area contributed by atoms with Gasteiger partial charge in [0, 0.05) is 16.5 Å². The third-order valence-corrected chi connectivity index (χ3v) is 4.38. The molecule has 0 aliphatic carbocycles. The van der Waals surface area contributed by atoms with Gasteiger partial charge in [-0.25, -0.2) is 0 Å². The minimum absolute atomic E-state index is 0.260. The standard InChI is InChI=1S/C20H21ClO2/c1-2-3-4-15-5-7-17(8-6-15)20-22-13-18(14-23-20)16-9-11-19(21)12-10-16/h2,5-12,18,20H,1,3-4,13-14H2. The molecule has 1 saturated heterocycles. The van der Waals surface area contributed by atoms with E-state index in [-0.39, 0.29) is 12.2 Å². The van der Waals surface area contributed by atoms with E-state index in [1.165, 1.54) is 11.1 Å². The first-order chi connectivity index (χ1) is 11.3. The lowest BCUT2D eigenvalue weighted by molar-refractivity contribution is -0.191. The molecule has 0 spiro atoms. The number of aryl methyl sites for hydroxylation is 1. The lowest BCUT2D eigenvalue weighted by Crippen LogP contribution is -2.25. The summed E-state index contributed by atoms with van der Waals surface area (Å²) in [4.78, 5) is 0. The van der Waals surface area contributed by atoms with E-state index in [1.807, 2.05) is 30.3 Å². The monoisotopic (exact) mass is 328 g/mol. The molecule has 120 valence electrons. The molecule has 2 aromatic rings. The Morgan fingerprint density at radius 1 is 0.957 bits per heavy atom. The van der Waals surface area contributed by atoms with Crippen molar-refractivity contribution in [2.45, 2.75) is 25.0 Å². The summed E-state index contributed by atoms with van der Waals surface area (Å²) < 4.78 is 11.8. The maximum atomic E-state index is 5.93. The minimum Gasteiger partial charge on any atom is -0.348 e. The number of benzene rings is 2. The Balaban J connectivity index is 1.58. The number of allylic oxidation sites excluding steroid dienone is 1. The zero-order valence-electron chi connectivity index (χ0n) is 13.1. The maximum absolute atomic E-state index is 5.93. The second-order valence-electron chi connectivity index (χ2n) is 5.82. The van der Waals surface area contributed by atoms with Gasteiger partial charge in [0.25, 0.3) is 0 Å². The second kappa shape index (κ2) is 7.78. The zero-order valence-corrected chi connectivity index (χ0v) is 13.8. The Morgan fingerprint density at radius 2 is 1.57 bits per heavy atom. The molecule has 0 radical (unpaired) electrons. The van der Waals surface area contributed by atoms with Gasteiger partial charge in [-0.1, -0.05) is 54.1 Å². The van der Waals surface area contributed by atoms with Crippen molar-refractivity contribution in [2.75, 3.05) is 13.2 Å². The first-order valence-corrected chi connectivity index (χ1v) is 8.32. The molecule has 0 saturated carbocycles. The van der Waals surface area contributed by atoms with Gasteiger partial charge >= 0.3 is 0 Å². The average molecular weight is 329 g/mol. The van der Waals surface area contributed by atoms with Crippen molar-refractivity contribution >= 4 is 11.6 Å². The predicted octanol–water partition coefficient (Wildman–Crippen LogP) is 5.29. The molecule has 3 heteroatoms. The van der Waals surface area contributed by atoms with Crippen LogP contribution in [0.4, 0.5) is 0 Å². The average Bonchev–Trinajstić information content (AvgIpc) is 2.61. The molecule has 1 heterocycles. The SMILES string of the molecule is C=CCCc1ccc(C2OCC(c3ccc(Cl)cc3)CO2)cc1. The molecule has 0 amide bonds. The molecule has 2 nitrogen and oxygen atoms in total. The van der Waals surface area contributed by atoms with Gasteiger partial charge < -0.3 is 9.47 Å². The lowest BCUT2D eigenvalue weighted by atomic mass is 10.00. The van der Waals surface area contributed by atoms with E-state index in [0.717, 1.165) is 23.4 Å². The highest BCUT2D eigenvalue weighted by Crippen LogP contribution is 2.30. The van der Waals surface area contributed by atoms with Crippen molar-refractivity contribution in [2.24, 2.45) is 0 Å². The summed E-state index contributed by atoms with van der Waals surface area (Å²) in [6.45, 7) is 5.07. The van der Waals surface area contributed by atoms with Crippen molar-refractivity contribution in [3.8, 4) is 0 Å². The largest absolute Gasteiger partial charge is 0.348 e. The van der Waals surface area contributed by atoms with Crippen LogP contribution in [0.1, 0.15) is 35.3 Å². The fourth-order valence-electron chi connectivity index (χ4n) is 2.73. The predicted molar refractivity (Wildman–Crippen MR) is 93.8 cm³/mol. The van der Waals surface area contributed by atoms with Crippen molar-refractivity contribution in [3.05, 3.63) is 82.9 Å². The van der Waals surface area contributed by atoms with Crippen LogP contribution in [0.5, 0.6) is 0 Å². The molecule has 23 heavy (non-hydrogen) atoms. The number of hydrogen-bond donors (Lipinski definition) is 0. The summed E-state index contributed by atoms with van der Waals surface area (Å²) in [5.41, 5.74) is 3.58. The molecule has 1 aliphatic rings. The van der Waals surface area contributed by atoms with Crippen LogP contribution in [0.2, 0.25) is 5.02 Å². The lowest BCUT2D eigenvalue weighted by Gasteiger charge is -2.30. The van der Waals surface area contributed by atoms with Crippen LogP contribution in [0, 0.1) is 0 Å². The molecule has 2 aromatic carbocycles. The Bertz CT molecular complexity index is 626. The van der Waals surface area contributed by atoms with E-state index in [0.29, 0.717) is 13.2 Å². The Labute approximate surface area is 142 Å². The highest BCUT2D eigenvalue weighted by molar-refractivity contribution is 6.30. The molecule has 3 rings (SSSR count). The van der Waals surface area contributed by atoms with Gasteiger partial charge in [0.15, 0.2) is 6.29 Å². The molecule has 0 aromatic heterocycles. The molecular formula is C20H21ClO2. The number of hydrogen-bond acceptors (Lipinski definition) is 2. The summed E-state index contributed by atoms with van der Waals surface area (Å²) in [7, 11) is 0. The maximum Gasteiger partial charge on any atom is 0.183 e. The minimum atomic E-state index is -0.271. The third-order valence-electron chi connectivity index (χ3n) is 4.13. The molecule has 0 N–H and O–H groups in total. The van der Waals surface area contributed by atoms with Crippen molar-refractivity contribution in [1.29, 1.82) is 0 Å². The summed E-state index contributed by atoms with van der Waals surface area (Å²) in [6, 6.07) is 16.3. The fraction of sp³-hybridized carbons (Fsp3) is 0.300. The van der Waals surface area contributed by atoms with Crippen LogP contribution < -0.4 is 0 Å². The highest BCUT2D eigenvalue weighted by atomic mass is 35.5. The summed E-state index contributed by atoms with van der Waals surface area (Å²) in [5, 5.41) is 0.751. The topological polar surface area (TPSA) is 18.5 Å². The smallest absolute Gasteiger partial charge is 0.183 e. The molecule has 0 bridgehead atoms. The van der Waals surface area contributed by atoms with E-state index in [9.17, 15) is 0 Å². The summed E-state index contributed by atoms with van der Waals surface area (Å²) in [5.74, 6) is 0.260. The second-order valence-corrected chi connectivity index (χ2v) is 6.25. The molecule has 1 fully saturated rings. The van der Waals surface area contributed by atoms with Crippen LogP contribution in [-0.4, -0.2) is 13.2 Å². The van der Waals surface area contributed by atoms with Gasteiger partial charge in [0.2, 0.25) is 0 Å². The molecule has 0 atom stereocenters. The molecule has 1 aliphatic heterocycles. The van der Waals surface area contributed by atoms with Crippen LogP contribution in [0.15, 0.2) is 61.2 Å². The Morgan fingerprint density at radius 3 is 2.17 bits per heavy atom. The Hall–Kier alpha value is -1.61. The summed E-state index contributed by atoms with van der Waals surface area (Å²) in [6.07, 6.45) is 3.69. The third kappa shape index (κ3) is 4.23. The highest BCUT2D eigenvalue weighted by Gasteiger charge is 2.24. The van der Waals surface area contributed by atoms with Crippen LogP contribution in [-0.2, 0) is 15.9 Å². The van der Waals surface area contributed by atoms with E-state index >= 15 is 0 Å². The van der Waals surface area contributed by atoms with E-state index < -0.39 is 0 Å².